The molecule has 4 nitrogen and oxygen atoms in total. The second-order valence-corrected chi connectivity index (χ2v) is 3.82. The zero-order valence-electron chi connectivity index (χ0n) is 10.2. The largest absolute Gasteiger partial charge is 0.481 e. The third kappa shape index (κ3) is 5.14. The second kappa shape index (κ2) is 7.65. The van der Waals surface area contributed by atoms with Crippen molar-refractivity contribution in [3.05, 3.63) is 0 Å². The summed E-state index contributed by atoms with van der Waals surface area (Å²) in [5, 5.41) is 8.87. The number of carboxylic acids is 1. The lowest BCUT2D eigenvalue weighted by Crippen LogP contribution is -2.42. The maximum absolute atomic E-state index is 10.8. The van der Waals surface area contributed by atoms with Crippen LogP contribution >= 0.6 is 0 Å². The van der Waals surface area contributed by atoms with E-state index in [-0.39, 0.29) is 18.4 Å². The Morgan fingerprint density at radius 2 is 1.93 bits per heavy atom. The molecule has 2 unspecified atom stereocenters. The van der Waals surface area contributed by atoms with E-state index < -0.39 is 5.97 Å². The van der Waals surface area contributed by atoms with Gasteiger partial charge in [-0.2, -0.15) is 0 Å². The van der Waals surface area contributed by atoms with Crippen molar-refractivity contribution < 1.29 is 14.6 Å². The maximum Gasteiger partial charge on any atom is 0.304 e. The van der Waals surface area contributed by atoms with Crippen LogP contribution in [-0.4, -0.2) is 48.8 Å². The fraction of sp³-hybridized carbons (Fsp3) is 0.909. The Morgan fingerprint density at radius 3 is 2.27 bits per heavy atom. The van der Waals surface area contributed by atoms with Crippen molar-refractivity contribution in [3.8, 4) is 0 Å². The molecule has 2 atom stereocenters. The summed E-state index contributed by atoms with van der Waals surface area (Å²) in [5.74, 6) is -0.499. The summed E-state index contributed by atoms with van der Waals surface area (Å²) in [6.07, 6.45) is 0.187. The van der Waals surface area contributed by atoms with E-state index >= 15 is 0 Å². The summed E-state index contributed by atoms with van der Waals surface area (Å²) in [6.45, 7) is 8.50. The monoisotopic (exact) mass is 217 g/mol. The summed E-state index contributed by atoms with van der Waals surface area (Å²) < 4.78 is 5.09. The molecule has 0 rings (SSSR count). The fourth-order valence-electron chi connectivity index (χ4n) is 1.94. The zero-order chi connectivity index (χ0) is 11.8. The van der Waals surface area contributed by atoms with Gasteiger partial charge in [0.25, 0.3) is 0 Å². The highest BCUT2D eigenvalue weighted by atomic mass is 16.5. The van der Waals surface area contributed by atoms with E-state index in [0.29, 0.717) is 6.61 Å². The minimum Gasteiger partial charge on any atom is -0.481 e. The first-order valence-corrected chi connectivity index (χ1v) is 5.51. The van der Waals surface area contributed by atoms with E-state index in [9.17, 15) is 4.79 Å². The molecule has 0 fully saturated rings. The molecule has 15 heavy (non-hydrogen) atoms. The van der Waals surface area contributed by atoms with Gasteiger partial charge < -0.3 is 14.7 Å². The molecule has 0 aliphatic carbocycles. The van der Waals surface area contributed by atoms with Gasteiger partial charge in [-0.3, -0.25) is 4.79 Å². The number of carboxylic acid groups (broad SMARTS) is 1. The van der Waals surface area contributed by atoms with Gasteiger partial charge in [0.1, 0.15) is 0 Å². The SMILES string of the molecule is CCN(CC)C(CC(=O)O)C(C)COC. The van der Waals surface area contributed by atoms with Crippen LogP contribution in [0.25, 0.3) is 0 Å². The van der Waals surface area contributed by atoms with Gasteiger partial charge in [0.15, 0.2) is 0 Å². The van der Waals surface area contributed by atoms with E-state index in [1.54, 1.807) is 7.11 Å². The van der Waals surface area contributed by atoms with Crippen molar-refractivity contribution in [2.75, 3.05) is 26.8 Å². The quantitative estimate of drug-likeness (QED) is 0.668. The van der Waals surface area contributed by atoms with Crippen LogP contribution in [0.15, 0.2) is 0 Å². The highest BCUT2D eigenvalue weighted by Gasteiger charge is 2.24. The summed E-state index contributed by atoms with van der Waals surface area (Å²) in [7, 11) is 1.65. The summed E-state index contributed by atoms with van der Waals surface area (Å²) in [4.78, 5) is 13.0. The molecule has 0 saturated heterocycles. The van der Waals surface area contributed by atoms with Crippen molar-refractivity contribution in [1.29, 1.82) is 0 Å². The smallest absolute Gasteiger partial charge is 0.304 e. The molecule has 0 spiro atoms. The van der Waals surface area contributed by atoms with Crippen LogP contribution in [0.2, 0.25) is 0 Å². The van der Waals surface area contributed by atoms with Gasteiger partial charge in [-0.1, -0.05) is 20.8 Å². The molecule has 1 N–H and O–H groups in total. The molecule has 0 aromatic rings. The van der Waals surface area contributed by atoms with Gasteiger partial charge in [-0.05, 0) is 19.0 Å². The number of carbonyl (C=O) groups is 1. The topological polar surface area (TPSA) is 49.8 Å². The van der Waals surface area contributed by atoms with Gasteiger partial charge >= 0.3 is 5.97 Å². The average molecular weight is 217 g/mol. The highest BCUT2D eigenvalue weighted by Crippen LogP contribution is 2.15. The maximum atomic E-state index is 10.8. The molecule has 0 aromatic heterocycles. The van der Waals surface area contributed by atoms with Crippen molar-refractivity contribution in [2.24, 2.45) is 5.92 Å². The number of methoxy groups -OCH3 is 1. The van der Waals surface area contributed by atoms with Crippen LogP contribution in [0.5, 0.6) is 0 Å². The predicted octanol–water partition coefficient (Wildman–Crippen LogP) is 1.45. The van der Waals surface area contributed by atoms with E-state index in [0.717, 1.165) is 13.1 Å². The predicted molar refractivity (Wildman–Crippen MR) is 60.0 cm³/mol. The Balaban J connectivity index is 4.46. The molecular formula is C11H23NO3. The third-order valence-electron chi connectivity index (χ3n) is 2.75. The molecule has 0 aliphatic rings. The van der Waals surface area contributed by atoms with Crippen LogP contribution in [0.1, 0.15) is 27.2 Å². The number of hydrogen-bond acceptors (Lipinski definition) is 3. The molecule has 0 radical (unpaired) electrons. The van der Waals surface area contributed by atoms with Crippen molar-refractivity contribution in [2.45, 2.75) is 33.2 Å². The Labute approximate surface area is 92.2 Å². The Hall–Kier alpha value is -0.610. The minimum absolute atomic E-state index is 0.0671. The number of nitrogens with zero attached hydrogens (tertiary/aromatic N) is 1. The van der Waals surface area contributed by atoms with Gasteiger partial charge in [-0.25, -0.2) is 0 Å². The lowest BCUT2D eigenvalue weighted by molar-refractivity contribution is -0.139. The van der Waals surface area contributed by atoms with Crippen molar-refractivity contribution in [1.82, 2.24) is 4.90 Å². The molecule has 0 amide bonds. The van der Waals surface area contributed by atoms with E-state index in [1.165, 1.54) is 0 Å². The summed E-state index contributed by atoms with van der Waals surface area (Å²) >= 11 is 0. The van der Waals surface area contributed by atoms with Crippen LogP contribution in [0.3, 0.4) is 0 Å². The Bertz CT molecular complexity index is 181. The van der Waals surface area contributed by atoms with Gasteiger partial charge in [0.2, 0.25) is 0 Å². The van der Waals surface area contributed by atoms with Gasteiger partial charge in [0.05, 0.1) is 13.0 Å². The molecule has 4 heteroatoms. The molecule has 0 heterocycles. The normalized spacial score (nSPS) is 15.3. The van der Waals surface area contributed by atoms with Gasteiger partial charge in [-0.15, -0.1) is 0 Å². The molecule has 0 aromatic carbocycles. The molecule has 0 saturated carbocycles. The molecule has 0 bridgehead atoms. The van der Waals surface area contributed by atoms with E-state index in [2.05, 4.69) is 18.7 Å². The van der Waals surface area contributed by atoms with Crippen LogP contribution in [0.4, 0.5) is 0 Å². The average Bonchev–Trinajstić information content (AvgIpc) is 2.18. The van der Waals surface area contributed by atoms with Crippen LogP contribution < -0.4 is 0 Å². The van der Waals surface area contributed by atoms with E-state index in [4.69, 9.17) is 9.84 Å². The lowest BCUT2D eigenvalue weighted by Gasteiger charge is -2.32. The van der Waals surface area contributed by atoms with Crippen molar-refractivity contribution >= 4 is 5.97 Å². The van der Waals surface area contributed by atoms with E-state index in [1.807, 2.05) is 6.92 Å². The van der Waals surface area contributed by atoms with Gasteiger partial charge in [0, 0.05) is 13.2 Å². The van der Waals surface area contributed by atoms with Crippen LogP contribution in [-0.2, 0) is 9.53 Å². The van der Waals surface area contributed by atoms with Crippen LogP contribution in [0, 0.1) is 5.92 Å². The van der Waals surface area contributed by atoms with Crippen molar-refractivity contribution in [3.63, 3.8) is 0 Å². The summed E-state index contributed by atoms with van der Waals surface area (Å²) in [6, 6.07) is 0.0671. The minimum atomic E-state index is -0.741. The lowest BCUT2D eigenvalue weighted by atomic mass is 9.98. The number of hydrogen-bond donors (Lipinski definition) is 1. The summed E-state index contributed by atoms with van der Waals surface area (Å²) in [5.41, 5.74) is 0. The molecule has 90 valence electrons. The second-order valence-electron chi connectivity index (χ2n) is 3.82. The number of ether oxygens (including phenoxy) is 1. The zero-order valence-corrected chi connectivity index (χ0v) is 10.2. The third-order valence-corrected chi connectivity index (χ3v) is 2.75. The first-order valence-electron chi connectivity index (χ1n) is 5.51. The number of aliphatic carboxylic acids is 1. The fourth-order valence-corrected chi connectivity index (χ4v) is 1.94. The molecule has 0 aliphatic heterocycles. The molecular weight excluding hydrogens is 194 g/mol. The standard InChI is InChI=1S/C11H23NO3/c1-5-12(6-2)10(7-11(13)14)9(3)8-15-4/h9-10H,5-8H2,1-4H3,(H,13,14). The Kier molecular flexibility index (Phi) is 7.34. The Morgan fingerprint density at radius 1 is 1.40 bits per heavy atom. The highest BCUT2D eigenvalue weighted by molar-refractivity contribution is 5.67. The number of rotatable bonds is 8. The first-order chi connectivity index (χ1) is 7.06. The first kappa shape index (κ1) is 14.4.